The minimum Gasteiger partial charge on any atom is -0.385 e. The zero-order valence-electron chi connectivity index (χ0n) is 11.4. The molecule has 0 aromatic rings. The third-order valence-electron chi connectivity index (χ3n) is 3.26. The summed E-state index contributed by atoms with van der Waals surface area (Å²) in [4.78, 5) is 0. The molecule has 1 fully saturated rings. The molecule has 2 nitrogen and oxygen atoms in total. The van der Waals surface area contributed by atoms with Crippen LogP contribution < -0.4 is 5.32 Å². The summed E-state index contributed by atoms with van der Waals surface area (Å²) in [5, 5.41) is 4.54. The van der Waals surface area contributed by atoms with Crippen LogP contribution in [0.3, 0.4) is 0 Å². The molecule has 0 aromatic heterocycles. The van der Waals surface area contributed by atoms with Gasteiger partial charge < -0.3 is 10.1 Å². The highest BCUT2D eigenvalue weighted by atomic mass is 32.2. The van der Waals surface area contributed by atoms with Crippen molar-refractivity contribution < 1.29 is 4.74 Å². The van der Waals surface area contributed by atoms with Crippen molar-refractivity contribution >= 4 is 23.5 Å². The Hall–Kier alpha value is 0.620. The Bertz CT molecular complexity index is 186. The van der Waals surface area contributed by atoms with Crippen LogP contribution in [0.4, 0.5) is 0 Å². The molecule has 0 bridgehead atoms. The van der Waals surface area contributed by atoms with Crippen molar-refractivity contribution in [3.8, 4) is 0 Å². The van der Waals surface area contributed by atoms with E-state index in [0.29, 0.717) is 12.0 Å². The lowest BCUT2D eigenvalue weighted by Crippen LogP contribution is -2.46. The van der Waals surface area contributed by atoms with E-state index in [1.807, 2.05) is 0 Å². The molecular formula is C13H27NOS2. The maximum Gasteiger partial charge on any atom is 0.0465 e. The van der Waals surface area contributed by atoms with Gasteiger partial charge in [-0.1, -0.05) is 13.8 Å². The van der Waals surface area contributed by atoms with Crippen LogP contribution in [0.15, 0.2) is 0 Å². The van der Waals surface area contributed by atoms with Gasteiger partial charge in [0, 0.05) is 42.3 Å². The van der Waals surface area contributed by atoms with Crippen molar-refractivity contribution in [1.29, 1.82) is 0 Å². The Kier molecular flexibility index (Phi) is 8.79. The van der Waals surface area contributed by atoms with Gasteiger partial charge in [-0.3, -0.25) is 0 Å². The molecule has 4 heteroatoms. The van der Waals surface area contributed by atoms with Gasteiger partial charge in [0.15, 0.2) is 0 Å². The van der Waals surface area contributed by atoms with Crippen LogP contribution in [0.25, 0.3) is 0 Å². The molecule has 1 aliphatic heterocycles. The summed E-state index contributed by atoms with van der Waals surface area (Å²) in [6.07, 6.45) is 2.39. The summed E-state index contributed by atoms with van der Waals surface area (Å²) in [6.45, 7) is 6.64. The molecule has 0 saturated carbocycles. The van der Waals surface area contributed by atoms with E-state index >= 15 is 0 Å². The molecule has 1 N–H and O–H groups in total. The molecule has 0 spiro atoms. The topological polar surface area (TPSA) is 21.3 Å². The normalized spacial score (nSPS) is 24.5. The average Bonchev–Trinajstić information content (AvgIpc) is 2.38. The molecule has 3 unspecified atom stereocenters. The quantitative estimate of drug-likeness (QED) is 0.736. The molecule has 0 aromatic carbocycles. The van der Waals surface area contributed by atoms with E-state index in [2.05, 4.69) is 42.7 Å². The third kappa shape index (κ3) is 5.86. The number of nitrogens with one attached hydrogen (secondary N) is 1. The summed E-state index contributed by atoms with van der Waals surface area (Å²) in [6, 6.07) is 0.655. The van der Waals surface area contributed by atoms with Crippen LogP contribution in [0.1, 0.15) is 26.7 Å². The standard InChI is InChI=1S/C13H27NOS2/c1-4-6-14-13(11(2)5-7-15-3)12-10-16-8-9-17-12/h11-14H,4-10H2,1-3H3. The summed E-state index contributed by atoms with van der Waals surface area (Å²) >= 11 is 4.27. The van der Waals surface area contributed by atoms with E-state index in [0.717, 1.165) is 18.4 Å². The van der Waals surface area contributed by atoms with Gasteiger partial charge in [0.05, 0.1) is 0 Å². The largest absolute Gasteiger partial charge is 0.385 e. The molecule has 1 saturated heterocycles. The molecule has 1 rings (SSSR count). The van der Waals surface area contributed by atoms with E-state index in [1.165, 1.54) is 30.1 Å². The van der Waals surface area contributed by atoms with Crippen LogP contribution in [0.5, 0.6) is 0 Å². The maximum atomic E-state index is 5.21. The van der Waals surface area contributed by atoms with Crippen molar-refractivity contribution in [3.63, 3.8) is 0 Å². The summed E-state index contributed by atoms with van der Waals surface area (Å²) in [7, 11) is 1.80. The first-order chi connectivity index (χ1) is 8.29. The average molecular weight is 277 g/mol. The highest BCUT2D eigenvalue weighted by molar-refractivity contribution is 8.06. The summed E-state index contributed by atoms with van der Waals surface area (Å²) in [5.74, 6) is 4.66. The lowest BCUT2D eigenvalue weighted by atomic mass is 9.96. The highest BCUT2D eigenvalue weighted by Crippen LogP contribution is 2.30. The molecular weight excluding hydrogens is 250 g/mol. The molecule has 1 heterocycles. The molecule has 0 aliphatic carbocycles. The van der Waals surface area contributed by atoms with Crippen molar-refractivity contribution in [1.82, 2.24) is 5.32 Å². The van der Waals surface area contributed by atoms with Crippen LogP contribution in [0.2, 0.25) is 0 Å². The van der Waals surface area contributed by atoms with E-state index in [4.69, 9.17) is 4.74 Å². The second-order valence-electron chi connectivity index (χ2n) is 4.72. The summed E-state index contributed by atoms with van der Waals surface area (Å²) in [5.41, 5.74) is 0. The molecule has 0 radical (unpaired) electrons. The smallest absolute Gasteiger partial charge is 0.0465 e. The Labute approximate surface area is 115 Å². The fraction of sp³-hybridized carbons (Fsp3) is 1.00. The SMILES string of the molecule is CCCNC(C(C)CCOC)C1CSCCS1. The van der Waals surface area contributed by atoms with E-state index in [9.17, 15) is 0 Å². The predicted molar refractivity (Wildman–Crippen MR) is 81.3 cm³/mol. The van der Waals surface area contributed by atoms with Crippen LogP contribution >= 0.6 is 23.5 Å². The first-order valence-electron chi connectivity index (χ1n) is 6.71. The van der Waals surface area contributed by atoms with Gasteiger partial charge in [-0.2, -0.15) is 23.5 Å². The van der Waals surface area contributed by atoms with Gasteiger partial charge in [-0.25, -0.2) is 0 Å². The lowest BCUT2D eigenvalue weighted by Gasteiger charge is -2.34. The highest BCUT2D eigenvalue weighted by Gasteiger charge is 2.28. The first kappa shape index (κ1) is 15.7. The number of thioether (sulfide) groups is 2. The second kappa shape index (κ2) is 9.54. The van der Waals surface area contributed by atoms with Crippen molar-refractivity contribution in [2.24, 2.45) is 5.92 Å². The number of methoxy groups -OCH3 is 1. The summed E-state index contributed by atoms with van der Waals surface area (Å²) < 4.78 is 5.21. The van der Waals surface area contributed by atoms with Crippen molar-refractivity contribution in [3.05, 3.63) is 0 Å². The van der Waals surface area contributed by atoms with Gasteiger partial charge >= 0.3 is 0 Å². The van der Waals surface area contributed by atoms with Crippen LogP contribution in [-0.4, -0.2) is 48.8 Å². The van der Waals surface area contributed by atoms with Crippen LogP contribution in [-0.2, 0) is 4.74 Å². The first-order valence-corrected chi connectivity index (χ1v) is 8.91. The molecule has 3 atom stereocenters. The van der Waals surface area contributed by atoms with E-state index in [-0.39, 0.29) is 0 Å². The number of hydrogen-bond donors (Lipinski definition) is 1. The van der Waals surface area contributed by atoms with E-state index in [1.54, 1.807) is 7.11 Å². The van der Waals surface area contributed by atoms with Gasteiger partial charge in [-0.15, -0.1) is 0 Å². The number of rotatable bonds is 8. The zero-order chi connectivity index (χ0) is 12.5. The monoisotopic (exact) mass is 277 g/mol. The Morgan fingerprint density at radius 1 is 1.41 bits per heavy atom. The zero-order valence-corrected chi connectivity index (χ0v) is 13.0. The lowest BCUT2D eigenvalue weighted by molar-refractivity contribution is 0.170. The van der Waals surface area contributed by atoms with Gasteiger partial charge in [0.1, 0.15) is 0 Å². The molecule has 102 valence electrons. The fourth-order valence-electron chi connectivity index (χ4n) is 2.21. The number of ether oxygens (including phenoxy) is 1. The molecule has 1 aliphatic rings. The minimum atomic E-state index is 0.655. The maximum absolute atomic E-state index is 5.21. The predicted octanol–water partition coefficient (Wildman–Crippen LogP) is 2.88. The Morgan fingerprint density at radius 2 is 2.24 bits per heavy atom. The minimum absolute atomic E-state index is 0.655. The molecule has 0 amide bonds. The number of hydrogen-bond acceptors (Lipinski definition) is 4. The van der Waals surface area contributed by atoms with Crippen molar-refractivity contribution in [2.45, 2.75) is 38.0 Å². The second-order valence-corrected chi connectivity index (χ2v) is 7.22. The Balaban J connectivity index is 2.44. The third-order valence-corrected chi connectivity index (χ3v) is 6.15. The van der Waals surface area contributed by atoms with Gasteiger partial charge in [0.2, 0.25) is 0 Å². The fourth-order valence-corrected chi connectivity index (χ4v) is 5.22. The van der Waals surface area contributed by atoms with Gasteiger partial charge in [-0.05, 0) is 25.3 Å². The molecule has 17 heavy (non-hydrogen) atoms. The van der Waals surface area contributed by atoms with Crippen molar-refractivity contribution in [2.75, 3.05) is 37.5 Å². The van der Waals surface area contributed by atoms with E-state index < -0.39 is 0 Å². The van der Waals surface area contributed by atoms with Gasteiger partial charge in [0.25, 0.3) is 0 Å². The Morgan fingerprint density at radius 3 is 2.82 bits per heavy atom. The van der Waals surface area contributed by atoms with Crippen LogP contribution in [0, 0.1) is 5.92 Å².